The van der Waals surface area contributed by atoms with Crippen molar-refractivity contribution in [3.05, 3.63) is 45.1 Å². The number of amides is 1. The van der Waals surface area contributed by atoms with Gasteiger partial charge in [0.05, 0.1) is 16.9 Å². The lowest BCUT2D eigenvalue weighted by molar-refractivity contribution is 0.0985. The Balaban J connectivity index is 2.26. The Hall–Kier alpha value is -1.86. The van der Waals surface area contributed by atoms with E-state index in [2.05, 4.69) is 4.72 Å². The lowest BCUT2D eigenvalue weighted by atomic mass is 10.2. The van der Waals surface area contributed by atoms with Crippen LogP contribution in [0.1, 0.15) is 32.6 Å². The van der Waals surface area contributed by atoms with E-state index < -0.39 is 15.9 Å². The van der Waals surface area contributed by atoms with Crippen LogP contribution in [-0.4, -0.2) is 21.4 Å². The van der Waals surface area contributed by atoms with Gasteiger partial charge in [0, 0.05) is 4.88 Å². The number of sulfonamides is 1. The van der Waals surface area contributed by atoms with Crippen molar-refractivity contribution in [1.29, 1.82) is 0 Å². The molecule has 1 aromatic carbocycles. The number of aryl methyl sites for hydroxylation is 3. The quantitative estimate of drug-likeness (QED) is 0.897. The van der Waals surface area contributed by atoms with Crippen molar-refractivity contribution in [3.8, 4) is 5.75 Å². The standard InChI is InChI=1S/C16H19NO4S2/c1-5-14-11(3)9-15(22-14)16(18)17-23(19,20)12-6-7-13(21-4)10(2)8-12/h6-9H,5H2,1-4H3,(H,17,18). The molecular weight excluding hydrogens is 334 g/mol. The summed E-state index contributed by atoms with van der Waals surface area (Å²) in [4.78, 5) is 13.7. The summed E-state index contributed by atoms with van der Waals surface area (Å²) in [6.07, 6.45) is 0.814. The second kappa shape index (κ2) is 6.72. The van der Waals surface area contributed by atoms with Crippen LogP contribution in [0.5, 0.6) is 5.75 Å². The van der Waals surface area contributed by atoms with Crippen molar-refractivity contribution in [3.63, 3.8) is 0 Å². The third-order valence-corrected chi connectivity index (χ3v) is 6.18. The number of ether oxygens (including phenoxy) is 1. The molecule has 0 aliphatic heterocycles. The molecule has 1 aromatic heterocycles. The summed E-state index contributed by atoms with van der Waals surface area (Å²) in [5.41, 5.74) is 1.68. The molecule has 0 saturated heterocycles. The molecule has 0 aliphatic carbocycles. The molecule has 2 rings (SSSR count). The maximum atomic E-state index is 12.4. The average molecular weight is 353 g/mol. The summed E-state index contributed by atoms with van der Waals surface area (Å²) < 4.78 is 32.0. The van der Waals surface area contributed by atoms with Crippen LogP contribution >= 0.6 is 11.3 Å². The summed E-state index contributed by atoms with van der Waals surface area (Å²) in [6.45, 7) is 5.65. The fourth-order valence-corrected chi connectivity index (χ4v) is 4.36. The molecule has 0 saturated carbocycles. The van der Waals surface area contributed by atoms with Gasteiger partial charge in [0.15, 0.2) is 0 Å². The highest BCUT2D eigenvalue weighted by Gasteiger charge is 2.21. The average Bonchev–Trinajstić information content (AvgIpc) is 2.88. The summed E-state index contributed by atoms with van der Waals surface area (Å²) in [5.74, 6) is -0.0111. The lowest BCUT2D eigenvalue weighted by Gasteiger charge is -2.09. The van der Waals surface area contributed by atoms with Crippen LogP contribution in [0.25, 0.3) is 0 Å². The van der Waals surface area contributed by atoms with Gasteiger partial charge in [-0.2, -0.15) is 0 Å². The molecule has 124 valence electrons. The van der Waals surface area contributed by atoms with Gasteiger partial charge >= 0.3 is 0 Å². The molecule has 7 heteroatoms. The fraction of sp³-hybridized carbons (Fsp3) is 0.312. The molecule has 1 amide bonds. The van der Waals surface area contributed by atoms with Gasteiger partial charge < -0.3 is 4.74 Å². The summed E-state index contributed by atoms with van der Waals surface area (Å²) in [5, 5.41) is 0. The Labute approximate surface area is 140 Å². The van der Waals surface area contributed by atoms with Gasteiger partial charge in [0.2, 0.25) is 0 Å². The van der Waals surface area contributed by atoms with Gasteiger partial charge in [-0.15, -0.1) is 11.3 Å². The SMILES string of the molecule is CCc1sc(C(=O)NS(=O)(=O)c2ccc(OC)c(C)c2)cc1C. The zero-order valence-corrected chi connectivity index (χ0v) is 15.1. The molecule has 5 nitrogen and oxygen atoms in total. The molecule has 0 fully saturated rings. The van der Waals surface area contributed by atoms with Crippen molar-refractivity contribution in [2.24, 2.45) is 0 Å². The van der Waals surface area contributed by atoms with Crippen LogP contribution in [0.4, 0.5) is 0 Å². The van der Waals surface area contributed by atoms with Gasteiger partial charge in [-0.05, 0) is 55.7 Å². The number of carbonyl (C=O) groups excluding carboxylic acids is 1. The first-order valence-electron chi connectivity index (χ1n) is 7.09. The highest BCUT2D eigenvalue weighted by molar-refractivity contribution is 7.90. The van der Waals surface area contributed by atoms with E-state index in [0.717, 1.165) is 16.9 Å². The predicted molar refractivity (Wildman–Crippen MR) is 90.8 cm³/mol. The van der Waals surface area contributed by atoms with Crippen LogP contribution < -0.4 is 9.46 Å². The molecule has 0 aliphatic rings. The summed E-state index contributed by atoms with van der Waals surface area (Å²) >= 11 is 1.32. The van der Waals surface area contributed by atoms with Crippen molar-refractivity contribution in [2.45, 2.75) is 32.1 Å². The topological polar surface area (TPSA) is 72.5 Å². The Bertz CT molecular complexity index is 838. The maximum Gasteiger partial charge on any atom is 0.275 e. The zero-order valence-electron chi connectivity index (χ0n) is 13.5. The first-order valence-corrected chi connectivity index (χ1v) is 9.39. The van der Waals surface area contributed by atoms with E-state index in [1.54, 1.807) is 19.1 Å². The third kappa shape index (κ3) is 3.73. The Morgan fingerprint density at radius 3 is 2.43 bits per heavy atom. The summed E-state index contributed by atoms with van der Waals surface area (Å²) in [7, 11) is -2.40. The number of nitrogens with one attached hydrogen (secondary N) is 1. The summed E-state index contributed by atoms with van der Waals surface area (Å²) in [6, 6.07) is 6.18. The van der Waals surface area contributed by atoms with Crippen molar-refractivity contribution >= 4 is 27.3 Å². The monoisotopic (exact) mass is 353 g/mol. The van der Waals surface area contributed by atoms with Crippen LogP contribution in [0.15, 0.2) is 29.2 Å². The van der Waals surface area contributed by atoms with E-state index in [1.165, 1.54) is 30.6 Å². The second-order valence-corrected chi connectivity index (χ2v) is 7.96. The predicted octanol–water partition coefficient (Wildman–Crippen LogP) is 3.05. The number of hydrogen-bond acceptors (Lipinski definition) is 5. The van der Waals surface area contributed by atoms with E-state index >= 15 is 0 Å². The number of methoxy groups -OCH3 is 1. The minimum Gasteiger partial charge on any atom is -0.496 e. The number of hydrogen-bond donors (Lipinski definition) is 1. The zero-order chi connectivity index (χ0) is 17.2. The molecule has 0 radical (unpaired) electrons. The molecule has 23 heavy (non-hydrogen) atoms. The Morgan fingerprint density at radius 2 is 1.91 bits per heavy atom. The van der Waals surface area contributed by atoms with Gasteiger partial charge in [0.25, 0.3) is 15.9 Å². The molecular formula is C16H19NO4S2. The van der Waals surface area contributed by atoms with Gasteiger partial charge in [-0.25, -0.2) is 13.1 Å². The van der Waals surface area contributed by atoms with E-state index in [9.17, 15) is 13.2 Å². The van der Waals surface area contributed by atoms with Crippen molar-refractivity contribution in [2.75, 3.05) is 7.11 Å². The maximum absolute atomic E-state index is 12.4. The van der Waals surface area contributed by atoms with Crippen LogP contribution in [0.2, 0.25) is 0 Å². The second-order valence-electron chi connectivity index (χ2n) is 5.14. The number of benzene rings is 1. The van der Waals surface area contributed by atoms with Gasteiger partial charge in [0.1, 0.15) is 5.75 Å². The van der Waals surface area contributed by atoms with E-state index in [1.807, 2.05) is 13.8 Å². The normalized spacial score (nSPS) is 11.3. The van der Waals surface area contributed by atoms with E-state index in [0.29, 0.717) is 16.2 Å². The van der Waals surface area contributed by atoms with Crippen molar-refractivity contribution in [1.82, 2.24) is 4.72 Å². The molecule has 0 unspecified atom stereocenters. The van der Waals surface area contributed by atoms with Gasteiger partial charge in [-0.3, -0.25) is 4.79 Å². The highest BCUT2D eigenvalue weighted by atomic mass is 32.2. The lowest BCUT2D eigenvalue weighted by Crippen LogP contribution is -2.30. The van der Waals surface area contributed by atoms with E-state index in [-0.39, 0.29) is 4.90 Å². The first-order chi connectivity index (χ1) is 10.8. The number of carbonyl (C=O) groups is 1. The number of rotatable bonds is 5. The minimum absolute atomic E-state index is 0.0353. The highest BCUT2D eigenvalue weighted by Crippen LogP contribution is 2.24. The fourth-order valence-electron chi connectivity index (χ4n) is 2.23. The third-order valence-electron chi connectivity index (χ3n) is 3.47. The molecule has 1 N–H and O–H groups in total. The van der Waals surface area contributed by atoms with Crippen LogP contribution in [0.3, 0.4) is 0 Å². The largest absolute Gasteiger partial charge is 0.496 e. The van der Waals surface area contributed by atoms with Crippen molar-refractivity contribution < 1.29 is 17.9 Å². The molecule has 0 bridgehead atoms. The minimum atomic E-state index is -3.91. The van der Waals surface area contributed by atoms with Gasteiger partial charge in [-0.1, -0.05) is 6.92 Å². The molecule has 2 aromatic rings. The Morgan fingerprint density at radius 1 is 1.22 bits per heavy atom. The molecule has 0 atom stereocenters. The molecule has 0 spiro atoms. The van der Waals surface area contributed by atoms with E-state index in [4.69, 9.17) is 4.74 Å². The molecule has 1 heterocycles. The smallest absolute Gasteiger partial charge is 0.275 e. The number of thiophene rings is 1. The Kier molecular flexibility index (Phi) is 5.11. The van der Waals surface area contributed by atoms with Crippen LogP contribution in [-0.2, 0) is 16.4 Å². The first kappa shape index (κ1) is 17.5. The van der Waals surface area contributed by atoms with Crippen LogP contribution in [0, 0.1) is 13.8 Å².